The third kappa shape index (κ3) is 9.74. The highest BCUT2D eigenvalue weighted by Crippen LogP contribution is 2.29. The molecule has 0 radical (unpaired) electrons. The smallest absolute Gasteiger partial charge is 0.246 e. The van der Waals surface area contributed by atoms with Gasteiger partial charge < -0.3 is 30.9 Å². The number of rotatable bonds is 14. The number of carbonyl (C=O) groups is 5. The van der Waals surface area contributed by atoms with Crippen LogP contribution >= 0.6 is 11.8 Å². The average molecular weight is 647 g/mol. The molecule has 45 heavy (non-hydrogen) atoms. The van der Waals surface area contributed by atoms with Crippen molar-refractivity contribution >= 4 is 47.0 Å². The number of ether oxygens (including phenoxy) is 1. The summed E-state index contributed by atoms with van der Waals surface area (Å²) in [4.78, 5) is 63.6. The van der Waals surface area contributed by atoms with E-state index in [1.165, 1.54) is 37.7 Å². The van der Waals surface area contributed by atoms with Crippen molar-refractivity contribution in [1.29, 1.82) is 0 Å². The zero-order chi connectivity index (χ0) is 33.4. The fourth-order valence-corrected chi connectivity index (χ4v) is 5.71. The van der Waals surface area contributed by atoms with Crippen LogP contribution in [-0.4, -0.2) is 73.8 Å². The van der Waals surface area contributed by atoms with Crippen LogP contribution in [0.3, 0.4) is 0 Å². The number of amides is 5. The summed E-state index contributed by atoms with van der Waals surface area (Å²) in [5, 5.41) is 26.3. The minimum absolute atomic E-state index is 0.0777. The van der Waals surface area contributed by atoms with Crippen molar-refractivity contribution in [2.24, 2.45) is 0 Å². The molecule has 0 aromatic heterocycles. The van der Waals surface area contributed by atoms with E-state index >= 15 is 0 Å². The predicted octanol–water partition coefficient (Wildman–Crippen LogP) is 2.30. The number of aryl methyl sites for hydroxylation is 1. The van der Waals surface area contributed by atoms with E-state index in [-0.39, 0.29) is 54.4 Å². The third-order valence-corrected chi connectivity index (χ3v) is 8.17. The van der Waals surface area contributed by atoms with Gasteiger partial charge in [0.25, 0.3) is 0 Å². The molecule has 1 heterocycles. The Balaban J connectivity index is 1.47. The van der Waals surface area contributed by atoms with E-state index in [2.05, 4.69) is 16.0 Å². The number of hydrogen-bond donors (Lipinski definition) is 5. The first kappa shape index (κ1) is 35.5. The van der Waals surface area contributed by atoms with Gasteiger partial charge in [-0.25, -0.2) is 4.39 Å². The van der Waals surface area contributed by atoms with Crippen LogP contribution in [0, 0.1) is 12.7 Å². The molecule has 244 valence electrons. The molecule has 12 nitrogen and oxygen atoms in total. The molecule has 0 saturated carbocycles. The van der Waals surface area contributed by atoms with Crippen molar-refractivity contribution in [2.75, 3.05) is 11.9 Å². The predicted molar refractivity (Wildman–Crippen MR) is 165 cm³/mol. The summed E-state index contributed by atoms with van der Waals surface area (Å²) in [6, 6.07) is 7.48. The van der Waals surface area contributed by atoms with Gasteiger partial charge in [0, 0.05) is 30.6 Å². The summed E-state index contributed by atoms with van der Waals surface area (Å²) in [5.41, 5.74) is 1.06. The molecule has 2 unspecified atom stereocenters. The molecule has 0 bridgehead atoms. The Morgan fingerprint density at radius 3 is 2.40 bits per heavy atom. The van der Waals surface area contributed by atoms with Crippen molar-refractivity contribution in [3.63, 3.8) is 0 Å². The summed E-state index contributed by atoms with van der Waals surface area (Å²) >= 11 is 1.41. The highest BCUT2D eigenvalue weighted by molar-refractivity contribution is 8.01. The van der Waals surface area contributed by atoms with Crippen LogP contribution < -0.4 is 20.7 Å². The maximum atomic E-state index is 14.6. The van der Waals surface area contributed by atoms with Gasteiger partial charge in [-0.05, 0) is 55.3 Å². The molecule has 3 atom stereocenters. The largest absolute Gasteiger partial charge is 0.486 e. The molecular weight excluding hydrogens is 607 g/mol. The second-order valence-electron chi connectivity index (χ2n) is 11.0. The number of imide groups is 1. The molecular formula is C31H39FN4O8S. The number of nitrogens with one attached hydrogen (secondary N) is 3. The lowest BCUT2D eigenvalue weighted by atomic mass is 10.1. The van der Waals surface area contributed by atoms with Gasteiger partial charge in [-0.3, -0.25) is 28.9 Å². The van der Waals surface area contributed by atoms with Gasteiger partial charge in [0.05, 0.1) is 5.25 Å². The number of nitrogens with zero attached hydrogens (tertiary/aromatic N) is 1. The molecule has 1 fully saturated rings. The van der Waals surface area contributed by atoms with E-state index in [9.17, 15) is 38.6 Å². The SMILES string of the molecule is Cc1ccc(OCc2cccc(NC(=O)[C@H](C)NC(=O)C(C)NC(=O)CCN3C(=O)CC(SC(C)C)C3=O)c2)c(F)c1C(O)O. The Bertz CT molecular complexity index is 1440. The highest BCUT2D eigenvalue weighted by atomic mass is 32.2. The maximum Gasteiger partial charge on any atom is 0.246 e. The normalized spacial score (nSPS) is 16.1. The number of carbonyl (C=O) groups excluding carboxylic acids is 5. The molecule has 14 heteroatoms. The van der Waals surface area contributed by atoms with Gasteiger partial charge in [0.2, 0.25) is 29.5 Å². The third-order valence-electron chi connectivity index (χ3n) is 6.93. The number of aliphatic hydroxyl groups is 2. The first-order valence-electron chi connectivity index (χ1n) is 14.4. The number of benzene rings is 2. The van der Waals surface area contributed by atoms with Crippen LogP contribution in [0.5, 0.6) is 5.75 Å². The van der Waals surface area contributed by atoms with E-state index in [1.54, 1.807) is 31.2 Å². The van der Waals surface area contributed by atoms with Gasteiger partial charge in [-0.1, -0.05) is 32.0 Å². The fraction of sp³-hybridized carbons (Fsp3) is 0.452. The summed E-state index contributed by atoms with van der Waals surface area (Å²) in [7, 11) is 0. The standard InChI is InChI=1S/C31H39FN4O8S/c1-16(2)45-23-14-25(38)36(30(23)41)12-11-24(37)33-18(4)28(39)34-19(5)29(40)35-21-8-6-7-20(13-21)15-44-22-10-9-17(3)26(27(22)32)31(42)43/h6-10,13,16,18-19,23,31,42-43H,11-12,14-15H2,1-5H3,(H,33,37)(H,34,39)(H,35,40)/t18?,19-,23?/m0/s1. The monoisotopic (exact) mass is 646 g/mol. The van der Waals surface area contributed by atoms with Gasteiger partial charge in [0.15, 0.2) is 17.9 Å². The highest BCUT2D eigenvalue weighted by Gasteiger charge is 2.39. The Morgan fingerprint density at radius 1 is 1.04 bits per heavy atom. The molecule has 5 N–H and O–H groups in total. The van der Waals surface area contributed by atoms with Crippen LogP contribution in [0.1, 0.15) is 63.5 Å². The zero-order valence-corrected chi connectivity index (χ0v) is 26.6. The van der Waals surface area contributed by atoms with Gasteiger partial charge >= 0.3 is 0 Å². The van der Waals surface area contributed by atoms with Crippen LogP contribution in [0.25, 0.3) is 0 Å². The van der Waals surface area contributed by atoms with E-state index < -0.39 is 47.2 Å². The van der Waals surface area contributed by atoms with Crippen molar-refractivity contribution in [2.45, 2.75) is 82.9 Å². The number of aliphatic hydroxyl groups excluding tert-OH is 1. The minimum atomic E-state index is -1.99. The lowest BCUT2D eigenvalue weighted by Gasteiger charge is -2.19. The summed E-state index contributed by atoms with van der Waals surface area (Å²) in [6.07, 6.45) is -2.05. The molecule has 2 aromatic rings. The van der Waals surface area contributed by atoms with Crippen molar-refractivity contribution < 1.29 is 43.3 Å². The summed E-state index contributed by atoms with van der Waals surface area (Å²) in [6.45, 7) is 8.17. The summed E-state index contributed by atoms with van der Waals surface area (Å²) in [5.74, 6) is -3.35. The molecule has 2 aromatic carbocycles. The van der Waals surface area contributed by atoms with Crippen LogP contribution in [-0.2, 0) is 30.6 Å². The Labute approximate surface area is 265 Å². The first-order chi connectivity index (χ1) is 21.2. The van der Waals surface area contributed by atoms with E-state index in [1.807, 2.05) is 13.8 Å². The number of thioether (sulfide) groups is 1. The second kappa shape index (κ2) is 15.8. The number of likely N-dealkylation sites (tertiary alicyclic amines) is 1. The number of halogens is 1. The van der Waals surface area contributed by atoms with Gasteiger partial charge in [-0.15, -0.1) is 11.8 Å². The molecule has 3 rings (SSSR count). The Morgan fingerprint density at radius 2 is 1.73 bits per heavy atom. The fourth-order valence-electron chi connectivity index (χ4n) is 4.57. The number of hydrogen-bond acceptors (Lipinski definition) is 9. The van der Waals surface area contributed by atoms with Crippen molar-refractivity contribution in [3.8, 4) is 5.75 Å². The second-order valence-corrected chi connectivity index (χ2v) is 12.8. The zero-order valence-electron chi connectivity index (χ0n) is 25.8. The minimum Gasteiger partial charge on any atom is -0.486 e. The average Bonchev–Trinajstić information content (AvgIpc) is 3.22. The van der Waals surface area contributed by atoms with E-state index in [4.69, 9.17) is 4.74 Å². The topological polar surface area (TPSA) is 174 Å². The molecule has 1 aliphatic heterocycles. The maximum absolute atomic E-state index is 14.6. The van der Waals surface area contributed by atoms with Gasteiger partial charge in [0.1, 0.15) is 18.7 Å². The molecule has 1 saturated heterocycles. The van der Waals surface area contributed by atoms with Gasteiger partial charge in [-0.2, -0.15) is 0 Å². The Kier molecular flexibility index (Phi) is 12.5. The van der Waals surface area contributed by atoms with Crippen molar-refractivity contribution in [3.05, 3.63) is 58.9 Å². The van der Waals surface area contributed by atoms with Crippen LogP contribution in [0.2, 0.25) is 0 Å². The summed E-state index contributed by atoms with van der Waals surface area (Å²) < 4.78 is 20.2. The quantitative estimate of drug-likeness (QED) is 0.152. The molecule has 0 spiro atoms. The van der Waals surface area contributed by atoms with Crippen molar-refractivity contribution in [1.82, 2.24) is 15.5 Å². The Hall–Kier alpha value is -4.01. The lowest BCUT2D eigenvalue weighted by Crippen LogP contribution is -2.50. The van der Waals surface area contributed by atoms with E-state index in [0.717, 1.165) is 4.90 Å². The lowest BCUT2D eigenvalue weighted by molar-refractivity contribution is -0.139. The molecule has 0 aliphatic carbocycles. The van der Waals surface area contributed by atoms with E-state index in [0.29, 0.717) is 16.8 Å². The van der Waals surface area contributed by atoms with Crippen LogP contribution in [0.15, 0.2) is 36.4 Å². The van der Waals surface area contributed by atoms with Crippen LogP contribution in [0.4, 0.5) is 10.1 Å². The molecule has 1 aliphatic rings. The first-order valence-corrected chi connectivity index (χ1v) is 15.4. The number of anilines is 1. The molecule has 5 amide bonds.